The molecule has 166 valence electrons. The zero-order valence-electron chi connectivity index (χ0n) is 19.5. The standard InChI is InChI=1S/C25H34N4O2/c1-7-8-15-26-23(30)31-22-14-13-18(25(5,6)17-24(2,3)4)16-21(22)29-27-19-11-9-10-12-20(19)28-29/h9-14,16H,7-8,15,17H2,1-6H3,(H,26,30). The van der Waals surface area contributed by atoms with Crippen molar-refractivity contribution < 1.29 is 9.53 Å². The van der Waals surface area contributed by atoms with Crippen LogP contribution >= 0.6 is 0 Å². The summed E-state index contributed by atoms with van der Waals surface area (Å²) in [7, 11) is 0. The Bertz CT molecular complexity index is 1010. The van der Waals surface area contributed by atoms with Crippen LogP contribution in [0.3, 0.4) is 0 Å². The van der Waals surface area contributed by atoms with Crippen LogP contribution in [0.4, 0.5) is 4.79 Å². The molecule has 6 nitrogen and oxygen atoms in total. The first-order valence-corrected chi connectivity index (χ1v) is 11.0. The second-order valence-electron chi connectivity index (χ2n) is 9.95. The molecule has 0 aliphatic rings. The normalized spacial score (nSPS) is 12.2. The van der Waals surface area contributed by atoms with Crippen molar-refractivity contribution in [1.29, 1.82) is 0 Å². The highest BCUT2D eigenvalue weighted by molar-refractivity contribution is 5.75. The van der Waals surface area contributed by atoms with Crippen LogP contribution in [0.15, 0.2) is 42.5 Å². The summed E-state index contributed by atoms with van der Waals surface area (Å²) >= 11 is 0. The van der Waals surface area contributed by atoms with Crippen LogP contribution in [0.1, 0.15) is 66.4 Å². The second-order valence-corrected chi connectivity index (χ2v) is 9.95. The average molecular weight is 423 g/mol. The van der Waals surface area contributed by atoms with E-state index >= 15 is 0 Å². The second kappa shape index (κ2) is 9.08. The molecule has 3 rings (SSSR count). The fourth-order valence-corrected chi connectivity index (χ4v) is 4.08. The maximum Gasteiger partial charge on any atom is 0.412 e. The largest absolute Gasteiger partial charge is 0.412 e. The van der Waals surface area contributed by atoms with Gasteiger partial charge in [-0.1, -0.05) is 66.2 Å². The molecule has 1 amide bonds. The quantitative estimate of drug-likeness (QED) is 0.473. The van der Waals surface area contributed by atoms with Gasteiger partial charge < -0.3 is 10.1 Å². The van der Waals surface area contributed by atoms with Gasteiger partial charge in [-0.2, -0.15) is 0 Å². The summed E-state index contributed by atoms with van der Waals surface area (Å²) in [6.07, 6.45) is 2.46. The van der Waals surface area contributed by atoms with Gasteiger partial charge in [0, 0.05) is 6.54 Å². The van der Waals surface area contributed by atoms with Gasteiger partial charge in [0.1, 0.15) is 16.7 Å². The predicted octanol–water partition coefficient (Wildman–Crippen LogP) is 6.02. The molecule has 0 spiro atoms. The summed E-state index contributed by atoms with van der Waals surface area (Å²) in [6.45, 7) is 13.9. The molecule has 2 aromatic carbocycles. The van der Waals surface area contributed by atoms with E-state index in [4.69, 9.17) is 4.74 Å². The number of unbranched alkanes of at least 4 members (excludes halogenated alkanes) is 1. The Labute approximate surface area is 185 Å². The fraction of sp³-hybridized carbons (Fsp3) is 0.480. The summed E-state index contributed by atoms with van der Waals surface area (Å²) in [5.74, 6) is 0.435. The number of rotatable bonds is 7. The number of benzene rings is 2. The lowest BCUT2D eigenvalue weighted by Gasteiger charge is -2.33. The topological polar surface area (TPSA) is 69.0 Å². The molecule has 0 saturated carbocycles. The van der Waals surface area contributed by atoms with Gasteiger partial charge in [0.15, 0.2) is 5.75 Å². The van der Waals surface area contributed by atoms with Crippen LogP contribution in [-0.4, -0.2) is 27.6 Å². The highest BCUT2D eigenvalue weighted by atomic mass is 16.6. The lowest BCUT2D eigenvalue weighted by atomic mass is 9.72. The molecule has 0 fully saturated rings. The zero-order valence-corrected chi connectivity index (χ0v) is 19.5. The van der Waals surface area contributed by atoms with E-state index < -0.39 is 6.09 Å². The van der Waals surface area contributed by atoms with E-state index in [1.165, 1.54) is 0 Å². The third-order valence-electron chi connectivity index (χ3n) is 5.22. The van der Waals surface area contributed by atoms with Crippen LogP contribution in [0.2, 0.25) is 0 Å². The van der Waals surface area contributed by atoms with Gasteiger partial charge in [-0.05, 0) is 53.5 Å². The Morgan fingerprint density at radius 2 is 1.68 bits per heavy atom. The summed E-state index contributed by atoms with van der Waals surface area (Å²) in [5.41, 5.74) is 3.50. The molecule has 1 heterocycles. The first kappa shape index (κ1) is 22.8. The number of carbonyl (C=O) groups excluding carboxylic acids is 1. The van der Waals surface area contributed by atoms with E-state index in [9.17, 15) is 4.79 Å². The van der Waals surface area contributed by atoms with Gasteiger partial charge in [-0.3, -0.25) is 0 Å². The molecule has 0 atom stereocenters. The Hall–Kier alpha value is -2.89. The van der Waals surface area contributed by atoms with Gasteiger partial charge in [-0.15, -0.1) is 15.0 Å². The summed E-state index contributed by atoms with van der Waals surface area (Å²) in [4.78, 5) is 13.9. The molecule has 1 aromatic heterocycles. The number of hydrogen-bond acceptors (Lipinski definition) is 4. The highest BCUT2D eigenvalue weighted by Gasteiger charge is 2.28. The molecule has 0 unspecified atom stereocenters. The summed E-state index contributed by atoms with van der Waals surface area (Å²) in [5, 5.41) is 12.0. The van der Waals surface area contributed by atoms with E-state index in [-0.39, 0.29) is 10.8 Å². The fourth-order valence-electron chi connectivity index (χ4n) is 4.08. The van der Waals surface area contributed by atoms with Crippen molar-refractivity contribution in [3.63, 3.8) is 0 Å². The molecule has 1 N–H and O–H groups in total. The Morgan fingerprint density at radius 1 is 1.03 bits per heavy atom. The molecular formula is C25H34N4O2. The molecule has 0 aliphatic heterocycles. The van der Waals surface area contributed by atoms with Crippen LogP contribution in [0.5, 0.6) is 5.75 Å². The summed E-state index contributed by atoms with van der Waals surface area (Å²) < 4.78 is 5.66. The molecule has 31 heavy (non-hydrogen) atoms. The van der Waals surface area contributed by atoms with Gasteiger partial charge in [0.25, 0.3) is 0 Å². The van der Waals surface area contributed by atoms with Gasteiger partial charge in [-0.25, -0.2) is 4.79 Å². The lowest BCUT2D eigenvalue weighted by Crippen LogP contribution is -2.28. The summed E-state index contributed by atoms with van der Waals surface area (Å²) in [6, 6.07) is 13.6. The smallest absolute Gasteiger partial charge is 0.408 e. The van der Waals surface area contributed by atoms with Gasteiger partial charge in [0.05, 0.1) is 0 Å². The Balaban J connectivity index is 2.01. The zero-order chi connectivity index (χ0) is 22.6. The number of hydrogen-bond donors (Lipinski definition) is 1. The van der Waals surface area contributed by atoms with Crippen molar-refractivity contribution in [2.75, 3.05) is 6.54 Å². The van der Waals surface area contributed by atoms with E-state index in [0.717, 1.165) is 35.9 Å². The molecule has 0 bridgehead atoms. The Kier molecular flexibility index (Phi) is 6.68. The van der Waals surface area contributed by atoms with Crippen molar-refractivity contribution in [2.45, 2.75) is 66.2 Å². The third-order valence-corrected chi connectivity index (χ3v) is 5.22. The van der Waals surface area contributed by atoms with Crippen LogP contribution in [0.25, 0.3) is 16.7 Å². The van der Waals surface area contributed by atoms with E-state index in [1.54, 1.807) is 4.80 Å². The minimum absolute atomic E-state index is 0.0680. The van der Waals surface area contributed by atoms with E-state index in [0.29, 0.717) is 18.0 Å². The minimum atomic E-state index is -0.465. The number of nitrogens with one attached hydrogen (secondary N) is 1. The van der Waals surface area contributed by atoms with Gasteiger partial charge >= 0.3 is 6.09 Å². The predicted molar refractivity (Wildman–Crippen MR) is 125 cm³/mol. The number of carbonyl (C=O) groups is 1. The first-order valence-electron chi connectivity index (χ1n) is 11.0. The number of aromatic nitrogens is 3. The van der Waals surface area contributed by atoms with Crippen LogP contribution in [-0.2, 0) is 5.41 Å². The van der Waals surface area contributed by atoms with E-state index in [2.05, 4.69) is 57.1 Å². The third kappa shape index (κ3) is 5.84. The van der Waals surface area contributed by atoms with Gasteiger partial charge in [0.2, 0.25) is 0 Å². The van der Waals surface area contributed by atoms with Crippen molar-refractivity contribution in [1.82, 2.24) is 20.3 Å². The number of fused-ring (bicyclic) bond motifs is 1. The SMILES string of the molecule is CCCCNC(=O)Oc1ccc(C(C)(C)CC(C)(C)C)cc1-n1nc2ccccc2n1. The monoisotopic (exact) mass is 422 g/mol. The van der Waals surface area contributed by atoms with E-state index in [1.807, 2.05) is 42.5 Å². The van der Waals surface area contributed by atoms with Crippen molar-refractivity contribution in [3.8, 4) is 11.4 Å². The number of amides is 1. The molecule has 0 aliphatic carbocycles. The van der Waals surface area contributed by atoms with Crippen molar-refractivity contribution in [3.05, 3.63) is 48.0 Å². The van der Waals surface area contributed by atoms with Crippen LogP contribution < -0.4 is 10.1 Å². The van der Waals surface area contributed by atoms with Crippen molar-refractivity contribution in [2.24, 2.45) is 5.41 Å². The molecule has 3 aromatic rings. The highest BCUT2D eigenvalue weighted by Crippen LogP contribution is 2.38. The first-order chi connectivity index (χ1) is 14.6. The minimum Gasteiger partial charge on any atom is -0.408 e. The number of nitrogens with zero attached hydrogens (tertiary/aromatic N) is 3. The molecule has 0 radical (unpaired) electrons. The molecular weight excluding hydrogens is 388 g/mol. The van der Waals surface area contributed by atoms with Crippen molar-refractivity contribution >= 4 is 17.1 Å². The molecule has 0 saturated heterocycles. The van der Waals surface area contributed by atoms with Crippen LogP contribution in [0, 0.1) is 5.41 Å². The lowest BCUT2D eigenvalue weighted by molar-refractivity contribution is 0.200. The maximum atomic E-state index is 12.3. The number of ether oxygens (including phenoxy) is 1. The average Bonchev–Trinajstić information content (AvgIpc) is 3.10. The molecule has 6 heteroatoms. The Morgan fingerprint density at radius 3 is 2.26 bits per heavy atom. The maximum absolute atomic E-state index is 12.3.